The molecule has 0 saturated carbocycles. The Hall–Kier alpha value is -3.13. The summed E-state index contributed by atoms with van der Waals surface area (Å²) in [7, 11) is 10.6. The van der Waals surface area contributed by atoms with Crippen LogP contribution in [0.25, 0.3) is 0 Å². The van der Waals surface area contributed by atoms with Gasteiger partial charge in [0, 0.05) is 13.1 Å². The fourth-order valence-corrected chi connectivity index (χ4v) is 3.38. The third kappa shape index (κ3) is 6.68. The minimum atomic E-state index is 0.148. The van der Waals surface area contributed by atoms with E-state index >= 15 is 0 Å². The molecule has 0 amide bonds. The molecule has 0 saturated heterocycles. The molecule has 2 N–H and O–H groups in total. The van der Waals surface area contributed by atoms with Crippen molar-refractivity contribution < 1.29 is 18.9 Å². The molecule has 1 atom stereocenters. The van der Waals surface area contributed by atoms with Crippen molar-refractivity contribution in [3.05, 3.63) is 47.5 Å². The van der Waals surface area contributed by atoms with E-state index in [9.17, 15) is 0 Å². The fourth-order valence-electron chi connectivity index (χ4n) is 3.38. The molecule has 0 aliphatic heterocycles. The molecule has 1 unspecified atom stereocenters. The molecule has 2 rings (SSSR count). The van der Waals surface area contributed by atoms with Crippen LogP contribution in [-0.4, -0.2) is 66.5 Å². The highest BCUT2D eigenvalue weighted by molar-refractivity contribution is 5.79. The van der Waals surface area contributed by atoms with Gasteiger partial charge in [0.25, 0.3) is 0 Å². The van der Waals surface area contributed by atoms with E-state index in [0.717, 1.165) is 23.8 Å². The summed E-state index contributed by atoms with van der Waals surface area (Å²) >= 11 is 0. The third-order valence-corrected chi connectivity index (χ3v) is 5.05. The number of hydrogen-bond acceptors (Lipinski definition) is 6. The van der Waals surface area contributed by atoms with Crippen molar-refractivity contribution in [1.82, 2.24) is 15.5 Å². The van der Waals surface area contributed by atoms with Crippen LogP contribution in [0.3, 0.4) is 0 Å². The molecule has 8 nitrogen and oxygen atoms in total. The number of likely N-dealkylation sites (N-methyl/N-ethyl adjacent to an activating group) is 1. The van der Waals surface area contributed by atoms with Gasteiger partial charge >= 0.3 is 0 Å². The quantitative estimate of drug-likeness (QED) is 0.407. The highest BCUT2D eigenvalue weighted by Gasteiger charge is 2.16. The second kappa shape index (κ2) is 12.7. The van der Waals surface area contributed by atoms with Gasteiger partial charge in [-0.05, 0) is 56.4 Å². The van der Waals surface area contributed by atoms with E-state index in [0.29, 0.717) is 30.3 Å². The van der Waals surface area contributed by atoms with Crippen LogP contribution >= 0.6 is 0 Å². The van der Waals surface area contributed by atoms with Crippen LogP contribution < -0.4 is 29.6 Å². The summed E-state index contributed by atoms with van der Waals surface area (Å²) in [5.74, 6) is 3.37. The first kappa shape index (κ1) is 25.1. The van der Waals surface area contributed by atoms with E-state index in [1.54, 1.807) is 28.4 Å². The summed E-state index contributed by atoms with van der Waals surface area (Å²) in [4.78, 5) is 6.92. The maximum Gasteiger partial charge on any atom is 0.203 e. The van der Waals surface area contributed by atoms with Gasteiger partial charge in [0.15, 0.2) is 17.5 Å². The second-order valence-corrected chi connectivity index (χ2v) is 7.37. The molecule has 0 radical (unpaired) electrons. The molecule has 0 fully saturated rings. The molecule has 8 heteroatoms. The monoisotopic (exact) mass is 444 g/mol. The van der Waals surface area contributed by atoms with Crippen molar-refractivity contribution >= 4 is 5.96 Å². The number of hydrogen-bond donors (Lipinski definition) is 2. The van der Waals surface area contributed by atoms with Crippen molar-refractivity contribution in [2.75, 3.05) is 55.6 Å². The topological polar surface area (TPSA) is 76.6 Å². The predicted molar refractivity (Wildman–Crippen MR) is 128 cm³/mol. The fraction of sp³-hybridized carbons (Fsp3) is 0.458. The number of benzene rings is 2. The van der Waals surface area contributed by atoms with Crippen molar-refractivity contribution in [3.8, 4) is 23.0 Å². The first-order valence-electron chi connectivity index (χ1n) is 10.6. The highest BCUT2D eigenvalue weighted by atomic mass is 16.5. The Morgan fingerprint density at radius 1 is 0.938 bits per heavy atom. The summed E-state index contributed by atoms with van der Waals surface area (Å²) in [6.45, 7) is 3.94. The van der Waals surface area contributed by atoms with E-state index in [-0.39, 0.29) is 6.04 Å². The lowest BCUT2D eigenvalue weighted by Crippen LogP contribution is -2.41. The van der Waals surface area contributed by atoms with E-state index in [4.69, 9.17) is 23.9 Å². The second-order valence-electron chi connectivity index (χ2n) is 7.37. The third-order valence-electron chi connectivity index (χ3n) is 5.05. The van der Waals surface area contributed by atoms with Gasteiger partial charge in [-0.1, -0.05) is 12.1 Å². The van der Waals surface area contributed by atoms with Crippen LogP contribution in [-0.2, 0) is 6.54 Å². The maximum atomic E-state index is 5.45. The predicted octanol–water partition coefficient (Wildman–Crippen LogP) is 3.08. The molecule has 2 aromatic carbocycles. The first-order chi connectivity index (χ1) is 15.5. The van der Waals surface area contributed by atoms with Crippen LogP contribution in [0.5, 0.6) is 23.0 Å². The lowest BCUT2D eigenvalue weighted by molar-refractivity contribution is 0.297. The molecule has 32 heavy (non-hydrogen) atoms. The van der Waals surface area contributed by atoms with Crippen molar-refractivity contribution in [3.63, 3.8) is 0 Å². The lowest BCUT2D eigenvalue weighted by Gasteiger charge is -2.26. The zero-order chi connectivity index (χ0) is 23.5. The molecule has 2 aromatic rings. The number of aliphatic imine (C=N–C) groups is 1. The van der Waals surface area contributed by atoms with E-state index in [2.05, 4.69) is 41.8 Å². The molecule has 0 aliphatic carbocycles. The minimum absolute atomic E-state index is 0.148. The average molecular weight is 445 g/mol. The van der Waals surface area contributed by atoms with Crippen LogP contribution in [0.2, 0.25) is 0 Å². The standard InChI is InChI=1S/C24H36N4O4/c1-8-25-24(26-15-17-12-21(30-5)23(32-7)22(13-17)31-6)27-16-20(28(2)3)18-10-9-11-19(14-18)29-4/h9-14,20H,8,15-16H2,1-7H3,(H2,25,26,27). The van der Waals surface area contributed by atoms with Gasteiger partial charge < -0.3 is 34.5 Å². The Morgan fingerprint density at radius 3 is 2.16 bits per heavy atom. The zero-order valence-corrected chi connectivity index (χ0v) is 20.2. The number of guanidine groups is 1. The van der Waals surface area contributed by atoms with Crippen LogP contribution in [0, 0.1) is 0 Å². The van der Waals surface area contributed by atoms with Gasteiger partial charge in [-0.3, -0.25) is 0 Å². The SMILES string of the molecule is CCNC(=NCc1cc(OC)c(OC)c(OC)c1)NCC(c1cccc(OC)c1)N(C)C. The normalized spacial score (nSPS) is 12.3. The van der Waals surface area contributed by atoms with E-state index < -0.39 is 0 Å². The Balaban J connectivity index is 2.18. The van der Waals surface area contributed by atoms with Gasteiger partial charge in [-0.15, -0.1) is 0 Å². The number of methoxy groups -OCH3 is 4. The summed E-state index contributed by atoms with van der Waals surface area (Å²) in [6.07, 6.45) is 0. The molecular formula is C24H36N4O4. The van der Waals surface area contributed by atoms with Crippen molar-refractivity contribution in [2.24, 2.45) is 4.99 Å². The summed E-state index contributed by atoms with van der Waals surface area (Å²) in [5.41, 5.74) is 2.12. The minimum Gasteiger partial charge on any atom is -0.497 e. The van der Waals surface area contributed by atoms with E-state index in [1.807, 2.05) is 31.2 Å². The average Bonchev–Trinajstić information content (AvgIpc) is 2.81. The van der Waals surface area contributed by atoms with Crippen molar-refractivity contribution in [2.45, 2.75) is 19.5 Å². The number of ether oxygens (including phenoxy) is 4. The maximum absolute atomic E-state index is 5.45. The highest BCUT2D eigenvalue weighted by Crippen LogP contribution is 2.38. The van der Waals surface area contributed by atoms with Gasteiger partial charge in [0.05, 0.1) is 41.0 Å². The van der Waals surface area contributed by atoms with Crippen molar-refractivity contribution in [1.29, 1.82) is 0 Å². The lowest BCUT2D eigenvalue weighted by atomic mass is 10.1. The number of nitrogens with zero attached hydrogens (tertiary/aromatic N) is 2. The largest absolute Gasteiger partial charge is 0.497 e. The Kier molecular flexibility index (Phi) is 9.94. The molecular weight excluding hydrogens is 408 g/mol. The van der Waals surface area contributed by atoms with Gasteiger partial charge in [0.1, 0.15) is 5.75 Å². The molecule has 0 heterocycles. The molecule has 176 valence electrons. The Labute approximate surface area is 191 Å². The first-order valence-corrected chi connectivity index (χ1v) is 10.6. The van der Waals surface area contributed by atoms with Gasteiger partial charge in [0.2, 0.25) is 5.75 Å². The van der Waals surface area contributed by atoms with Crippen LogP contribution in [0.15, 0.2) is 41.4 Å². The summed E-state index contributed by atoms with van der Waals surface area (Å²) in [5, 5.41) is 6.77. The molecule has 0 aliphatic rings. The number of rotatable bonds is 11. The smallest absolute Gasteiger partial charge is 0.203 e. The van der Waals surface area contributed by atoms with Gasteiger partial charge in [-0.2, -0.15) is 0 Å². The number of nitrogens with one attached hydrogen (secondary N) is 2. The van der Waals surface area contributed by atoms with Crippen LogP contribution in [0.4, 0.5) is 0 Å². The zero-order valence-electron chi connectivity index (χ0n) is 20.2. The van der Waals surface area contributed by atoms with E-state index in [1.165, 1.54) is 5.56 Å². The summed E-state index contributed by atoms with van der Waals surface area (Å²) in [6, 6.07) is 12.1. The summed E-state index contributed by atoms with van der Waals surface area (Å²) < 4.78 is 21.7. The Bertz CT molecular complexity index is 861. The molecule has 0 bridgehead atoms. The molecule has 0 spiro atoms. The van der Waals surface area contributed by atoms with Gasteiger partial charge in [-0.25, -0.2) is 4.99 Å². The van der Waals surface area contributed by atoms with Crippen LogP contribution in [0.1, 0.15) is 24.1 Å². The Morgan fingerprint density at radius 2 is 1.62 bits per heavy atom. The molecule has 0 aromatic heterocycles.